The maximum atomic E-state index is 14.1. The molecule has 2 bridgehead atoms. The first-order chi connectivity index (χ1) is 19.0. The van der Waals surface area contributed by atoms with E-state index in [0.29, 0.717) is 23.4 Å². The number of imide groups is 1. The Morgan fingerprint density at radius 1 is 0.846 bits per heavy atom. The third-order valence-corrected chi connectivity index (χ3v) is 8.91. The Bertz CT molecular complexity index is 1370. The second kappa shape index (κ2) is 10.0. The molecule has 3 amide bonds. The maximum absolute atomic E-state index is 14.1. The highest BCUT2D eigenvalue weighted by atomic mass is 32.2. The van der Waals surface area contributed by atoms with Crippen molar-refractivity contribution in [3.05, 3.63) is 101 Å². The summed E-state index contributed by atoms with van der Waals surface area (Å²) in [4.78, 5) is 54.9. The maximum Gasteiger partial charge on any atom is 0.337 e. The van der Waals surface area contributed by atoms with E-state index in [1.807, 2.05) is 30.5 Å². The van der Waals surface area contributed by atoms with E-state index in [9.17, 15) is 19.2 Å². The molecule has 1 heterocycles. The molecule has 7 rings (SSSR count). The van der Waals surface area contributed by atoms with Crippen LogP contribution in [-0.2, 0) is 19.1 Å². The normalized spacial score (nSPS) is 23.1. The topological polar surface area (TPSA) is 92.8 Å². The molecule has 0 unspecified atom stereocenters. The predicted octanol–water partition coefficient (Wildman–Crippen LogP) is 4.43. The standard InChI is InChI=1S/C31H28N2O5S/c1-38-31(37)17-11-13-18(14-12-17)32-28(34)23(15-16-39-2)33-29(35)26-24-19-7-3-4-8-20(19)25(27(26)30(33)36)22-10-6-5-9-21(22)24/h3-14,23-27H,15-16H2,1-2H3,(H,32,34)/t23-,24?,25?,26-,27+/m1/s1. The van der Waals surface area contributed by atoms with E-state index in [-0.39, 0.29) is 23.7 Å². The van der Waals surface area contributed by atoms with Gasteiger partial charge in [0.15, 0.2) is 0 Å². The predicted molar refractivity (Wildman–Crippen MR) is 149 cm³/mol. The number of carbonyl (C=O) groups is 4. The molecule has 3 atom stereocenters. The van der Waals surface area contributed by atoms with E-state index in [1.54, 1.807) is 36.0 Å². The molecule has 1 saturated heterocycles. The van der Waals surface area contributed by atoms with Gasteiger partial charge < -0.3 is 10.1 Å². The molecule has 39 heavy (non-hydrogen) atoms. The minimum Gasteiger partial charge on any atom is -0.465 e. The van der Waals surface area contributed by atoms with Gasteiger partial charge in [-0.15, -0.1) is 0 Å². The molecule has 0 aromatic heterocycles. The van der Waals surface area contributed by atoms with Crippen LogP contribution in [0, 0.1) is 11.8 Å². The smallest absolute Gasteiger partial charge is 0.337 e. The molecule has 7 nitrogen and oxygen atoms in total. The highest BCUT2D eigenvalue weighted by Crippen LogP contribution is 2.61. The first kappa shape index (κ1) is 25.4. The lowest BCUT2D eigenvalue weighted by Gasteiger charge is -2.45. The number of nitrogens with zero attached hydrogens (tertiary/aromatic N) is 1. The molecule has 1 aliphatic heterocycles. The summed E-state index contributed by atoms with van der Waals surface area (Å²) in [5.41, 5.74) is 5.22. The molecule has 0 saturated carbocycles. The third kappa shape index (κ3) is 3.97. The number of methoxy groups -OCH3 is 1. The van der Waals surface area contributed by atoms with Crippen molar-refractivity contribution in [2.75, 3.05) is 24.4 Å². The summed E-state index contributed by atoms with van der Waals surface area (Å²) in [5.74, 6) is -2.33. The quantitative estimate of drug-likeness (QED) is 0.352. The van der Waals surface area contributed by atoms with E-state index in [1.165, 1.54) is 12.0 Å². The number of benzene rings is 3. The van der Waals surface area contributed by atoms with Crippen LogP contribution in [0.5, 0.6) is 0 Å². The first-order valence-electron chi connectivity index (χ1n) is 13.0. The Kier molecular flexibility index (Phi) is 6.51. The number of nitrogens with one attached hydrogen (secondary N) is 1. The van der Waals surface area contributed by atoms with Gasteiger partial charge in [-0.2, -0.15) is 11.8 Å². The minimum atomic E-state index is -0.936. The number of carbonyl (C=O) groups excluding carboxylic acids is 4. The molecule has 1 N–H and O–H groups in total. The van der Waals surface area contributed by atoms with Crippen LogP contribution in [0.4, 0.5) is 5.69 Å². The van der Waals surface area contributed by atoms with E-state index in [0.717, 1.165) is 22.3 Å². The monoisotopic (exact) mass is 540 g/mol. The number of ether oxygens (including phenoxy) is 1. The number of likely N-dealkylation sites (tertiary alicyclic amines) is 1. The summed E-state index contributed by atoms with van der Waals surface area (Å²) in [6.45, 7) is 0. The van der Waals surface area contributed by atoms with Gasteiger partial charge in [0.25, 0.3) is 0 Å². The van der Waals surface area contributed by atoms with Crippen molar-refractivity contribution in [1.82, 2.24) is 4.90 Å². The lowest BCUT2D eigenvalue weighted by molar-refractivity contribution is -0.146. The Morgan fingerprint density at radius 2 is 1.33 bits per heavy atom. The molecule has 3 aromatic rings. The molecular weight excluding hydrogens is 512 g/mol. The van der Waals surface area contributed by atoms with Gasteiger partial charge in [-0.1, -0.05) is 48.5 Å². The van der Waals surface area contributed by atoms with Crippen molar-refractivity contribution < 1.29 is 23.9 Å². The summed E-state index contributed by atoms with van der Waals surface area (Å²) in [5, 5.41) is 2.86. The van der Waals surface area contributed by atoms with E-state index < -0.39 is 29.8 Å². The average Bonchev–Trinajstić information content (AvgIpc) is 3.23. The van der Waals surface area contributed by atoms with Gasteiger partial charge in [0.2, 0.25) is 17.7 Å². The second-order valence-electron chi connectivity index (χ2n) is 10.2. The van der Waals surface area contributed by atoms with Crippen molar-refractivity contribution >= 4 is 41.1 Å². The van der Waals surface area contributed by atoms with Crippen molar-refractivity contribution in [2.45, 2.75) is 24.3 Å². The SMILES string of the molecule is COC(=O)c1ccc(NC(=O)[C@@H](CCSC)N2C(=O)[C@@H]3C4c5ccccc5C(c5ccccc54)[C@@H]3C2=O)cc1. The van der Waals surface area contributed by atoms with E-state index in [2.05, 4.69) is 29.6 Å². The third-order valence-electron chi connectivity index (χ3n) is 8.27. The molecule has 1 fully saturated rings. The summed E-state index contributed by atoms with van der Waals surface area (Å²) in [7, 11) is 1.30. The Balaban J connectivity index is 1.34. The zero-order valence-electron chi connectivity index (χ0n) is 21.6. The highest BCUT2D eigenvalue weighted by Gasteiger charge is 2.62. The van der Waals surface area contributed by atoms with Gasteiger partial charge >= 0.3 is 5.97 Å². The van der Waals surface area contributed by atoms with Crippen molar-refractivity contribution in [2.24, 2.45) is 11.8 Å². The Labute approximate surface area is 230 Å². The average molecular weight is 541 g/mol. The van der Waals surface area contributed by atoms with Crippen molar-refractivity contribution in [3.63, 3.8) is 0 Å². The van der Waals surface area contributed by atoms with Gasteiger partial charge in [-0.05, 0) is 64.9 Å². The van der Waals surface area contributed by atoms with Gasteiger partial charge in [0.1, 0.15) is 6.04 Å². The number of hydrogen-bond donors (Lipinski definition) is 1. The fourth-order valence-electron chi connectivity index (χ4n) is 6.65. The summed E-state index contributed by atoms with van der Waals surface area (Å²) < 4.78 is 4.74. The largest absolute Gasteiger partial charge is 0.465 e. The fourth-order valence-corrected chi connectivity index (χ4v) is 7.11. The van der Waals surface area contributed by atoms with Crippen LogP contribution in [0.1, 0.15) is 50.9 Å². The van der Waals surface area contributed by atoms with E-state index in [4.69, 9.17) is 4.74 Å². The second-order valence-corrected chi connectivity index (χ2v) is 11.2. The zero-order valence-corrected chi connectivity index (χ0v) is 22.4. The number of thioether (sulfide) groups is 1. The highest BCUT2D eigenvalue weighted by molar-refractivity contribution is 7.98. The Morgan fingerprint density at radius 3 is 1.77 bits per heavy atom. The first-order valence-corrected chi connectivity index (χ1v) is 14.4. The van der Waals surface area contributed by atoms with Gasteiger partial charge in [0, 0.05) is 17.5 Å². The lowest BCUT2D eigenvalue weighted by Crippen LogP contribution is -2.48. The molecule has 198 valence electrons. The van der Waals surface area contributed by atoms with Crippen LogP contribution in [0.15, 0.2) is 72.8 Å². The molecule has 8 heteroatoms. The number of amides is 3. The van der Waals surface area contributed by atoms with Crippen LogP contribution in [0.2, 0.25) is 0 Å². The van der Waals surface area contributed by atoms with Gasteiger partial charge in [0.05, 0.1) is 24.5 Å². The lowest BCUT2D eigenvalue weighted by atomic mass is 9.55. The summed E-state index contributed by atoms with van der Waals surface area (Å²) in [6.07, 6.45) is 2.28. The summed E-state index contributed by atoms with van der Waals surface area (Å²) in [6, 6.07) is 21.6. The molecule has 0 radical (unpaired) electrons. The fraction of sp³-hybridized carbons (Fsp3) is 0.290. The molecular formula is C31H28N2O5S. The van der Waals surface area contributed by atoms with Gasteiger partial charge in [-0.25, -0.2) is 4.79 Å². The molecule has 3 aromatic carbocycles. The van der Waals surface area contributed by atoms with Crippen molar-refractivity contribution in [3.8, 4) is 0 Å². The van der Waals surface area contributed by atoms with Crippen LogP contribution in [-0.4, -0.2) is 53.8 Å². The van der Waals surface area contributed by atoms with Crippen LogP contribution >= 0.6 is 11.8 Å². The van der Waals surface area contributed by atoms with Crippen LogP contribution in [0.3, 0.4) is 0 Å². The molecule has 4 aliphatic rings. The van der Waals surface area contributed by atoms with Crippen LogP contribution < -0.4 is 5.32 Å². The van der Waals surface area contributed by atoms with Gasteiger partial charge in [-0.3, -0.25) is 19.3 Å². The molecule has 3 aliphatic carbocycles. The minimum absolute atomic E-state index is 0.219. The van der Waals surface area contributed by atoms with Crippen LogP contribution in [0.25, 0.3) is 0 Å². The summed E-state index contributed by atoms with van der Waals surface area (Å²) >= 11 is 1.56. The molecule has 0 spiro atoms. The van der Waals surface area contributed by atoms with Crippen molar-refractivity contribution in [1.29, 1.82) is 0 Å². The number of esters is 1. The zero-order chi connectivity index (χ0) is 27.3. The Hall–Kier alpha value is -3.91. The van der Waals surface area contributed by atoms with E-state index >= 15 is 0 Å². The number of anilines is 1. The number of rotatable bonds is 7. The number of hydrogen-bond acceptors (Lipinski definition) is 6.